The molecule has 2 heterocycles. The van der Waals surface area contributed by atoms with Crippen LogP contribution in [0.25, 0.3) is 5.69 Å². The molecule has 31 heavy (non-hydrogen) atoms. The van der Waals surface area contributed by atoms with Crippen molar-refractivity contribution in [2.45, 2.75) is 19.0 Å². The number of carbonyl (C=O) groups is 3. The summed E-state index contributed by atoms with van der Waals surface area (Å²) in [6.45, 7) is 3.66. The molecule has 0 saturated carbocycles. The van der Waals surface area contributed by atoms with E-state index in [1.807, 2.05) is 25.5 Å². The van der Waals surface area contributed by atoms with E-state index in [1.165, 1.54) is 32.0 Å². The monoisotopic (exact) mass is 442 g/mol. The van der Waals surface area contributed by atoms with Crippen LogP contribution in [0.5, 0.6) is 0 Å². The van der Waals surface area contributed by atoms with Crippen molar-refractivity contribution in [1.29, 1.82) is 0 Å². The summed E-state index contributed by atoms with van der Waals surface area (Å²) in [6.07, 6.45) is 1.58. The first-order valence-corrected chi connectivity index (χ1v) is 10.3. The van der Waals surface area contributed by atoms with Crippen LogP contribution in [0.2, 0.25) is 0 Å². The highest BCUT2D eigenvalue weighted by Gasteiger charge is 2.20. The summed E-state index contributed by atoms with van der Waals surface area (Å²) in [5.74, 6) is -1.02. The predicted molar refractivity (Wildman–Crippen MR) is 114 cm³/mol. The Morgan fingerprint density at radius 2 is 1.61 bits per heavy atom. The number of ketones is 1. The molecule has 0 radical (unpaired) electrons. The molecule has 9 nitrogen and oxygen atoms in total. The summed E-state index contributed by atoms with van der Waals surface area (Å²) in [6, 6.07) is 6.43. The van der Waals surface area contributed by atoms with Crippen LogP contribution in [0, 0.1) is 13.8 Å². The van der Waals surface area contributed by atoms with Crippen LogP contribution in [0.15, 0.2) is 35.7 Å². The van der Waals surface area contributed by atoms with E-state index >= 15 is 0 Å². The van der Waals surface area contributed by atoms with Crippen molar-refractivity contribution in [3.8, 4) is 5.69 Å². The lowest BCUT2D eigenvalue weighted by atomic mass is 10.1. The summed E-state index contributed by atoms with van der Waals surface area (Å²) >= 11 is 1.30. The van der Waals surface area contributed by atoms with Gasteiger partial charge in [-0.15, -0.1) is 10.2 Å². The van der Waals surface area contributed by atoms with Gasteiger partial charge >= 0.3 is 11.9 Å². The van der Waals surface area contributed by atoms with Crippen molar-refractivity contribution in [3.63, 3.8) is 0 Å². The van der Waals surface area contributed by atoms with E-state index in [9.17, 15) is 14.4 Å². The van der Waals surface area contributed by atoms with Crippen LogP contribution >= 0.6 is 11.8 Å². The third-order valence-electron chi connectivity index (χ3n) is 4.75. The van der Waals surface area contributed by atoms with E-state index in [0.29, 0.717) is 22.1 Å². The lowest BCUT2D eigenvalue weighted by molar-refractivity contribution is 0.0599. The minimum absolute atomic E-state index is 0.0651. The molecule has 0 aliphatic carbocycles. The zero-order valence-electron chi connectivity index (χ0n) is 17.8. The molecule has 0 aliphatic heterocycles. The number of methoxy groups -OCH3 is 2. The quantitative estimate of drug-likeness (QED) is 0.312. The molecule has 0 fully saturated rings. The molecule has 0 N–H and O–H groups in total. The van der Waals surface area contributed by atoms with Gasteiger partial charge in [-0.05, 0) is 38.1 Å². The van der Waals surface area contributed by atoms with E-state index in [-0.39, 0.29) is 22.7 Å². The van der Waals surface area contributed by atoms with Gasteiger partial charge in [-0.25, -0.2) is 9.59 Å². The fourth-order valence-corrected chi connectivity index (χ4v) is 4.04. The van der Waals surface area contributed by atoms with Crippen molar-refractivity contribution >= 4 is 29.5 Å². The maximum atomic E-state index is 12.9. The topological polar surface area (TPSA) is 105 Å². The zero-order valence-corrected chi connectivity index (χ0v) is 18.6. The van der Waals surface area contributed by atoms with Crippen LogP contribution < -0.4 is 0 Å². The maximum absolute atomic E-state index is 12.9. The Bertz CT molecular complexity index is 1130. The Kier molecular flexibility index (Phi) is 6.59. The molecule has 0 amide bonds. The third kappa shape index (κ3) is 4.53. The number of nitrogens with zero attached hydrogens (tertiary/aromatic N) is 4. The number of hydrogen-bond acceptors (Lipinski definition) is 8. The second-order valence-electron chi connectivity index (χ2n) is 6.81. The molecule has 0 saturated heterocycles. The van der Waals surface area contributed by atoms with Crippen LogP contribution in [0.3, 0.4) is 0 Å². The van der Waals surface area contributed by atoms with Gasteiger partial charge in [0.15, 0.2) is 10.9 Å². The molecule has 3 aromatic rings. The number of aromatic nitrogens is 4. The average molecular weight is 442 g/mol. The van der Waals surface area contributed by atoms with Gasteiger partial charge in [0, 0.05) is 29.7 Å². The van der Waals surface area contributed by atoms with Crippen molar-refractivity contribution in [2.75, 3.05) is 20.0 Å². The first-order chi connectivity index (χ1) is 14.8. The van der Waals surface area contributed by atoms with Crippen molar-refractivity contribution in [1.82, 2.24) is 19.3 Å². The van der Waals surface area contributed by atoms with Crippen molar-refractivity contribution < 1.29 is 23.9 Å². The fraction of sp³-hybridized carbons (Fsp3) is 0.286. The van der Waals surface area contributed by atoms with Crippen molar-refractivity contribution in [2.24, 2.45) is 7.05 Å². The first kappa shape index (κ1) is 22.3. The highest BCUT2D eigenvalue weighted by atomic mass is 32.2. The molecule has 162 valence electrons. The molecule has 0 unspecified atom stereocenters. The summed E-state index contributed by atoms with van der Waals surface area (Å²) in [4.78, 5) is 37.1. The highest BCUT2D eigenvalue weighted by Crippen LogP contribution is 2.25. The second kappa shape index (κ2) is 9.17. The number of thioether (sulfide) groups is 1. The average Bonchev–Trinajstić information content (AvgIpc) is 3.31. The number of benzene rings is 1. The zero-order chi connectivity index (χ0) is 22.7. The number of rotatable bonds is 7. The minimum atomic E-state index is -0.578. The number of esters is 2. The molecule has 0 spiro atoms. The largest absolute Gasteiger partial charge is 0.465 e. The maximum Gasteiger partial charge on any atom is 0.337 e. The number of ether oxygens (including phenoxy) is 2. The van der Waals surface area contributed by atoms with Gasteiger partial charge in [0.1, 0.15) is 6.33 Å². The Balaban J connectivity index is 1.99. The fourth-order valence-electron chi connectivity index (χ4n) is 3.27. The van der Waals surface area contributed by atoms with E-state index in [1.54, 1.807) is 29.1 Å². The van der Waals surface area contributed by atoms with E-state index in [2.05, 4.69) is 10.2 Å². The van der Waals surface area contributed by atoms with E-state index in [0.717, 1.165) is 5.69 Å². The lowest BCUT2D eigenvalue weighted by Crippen LogP contribution is -2.10. The number of carbonyl (C=O) groups excluding carboxylic acids is 3. The SMILES string of the molecule is COC(=O)c1cc(C(=O)OC)cc(-n2c(C)cc(C(=O)CSc3nncn3C)c2C)c1. The Labute approximate surface area is 183 Å². The first-order valence-electron chi connectivity index (χ1n) is 9.27. The number of Topliss-reactive ketones (excluding diaryl/α,β-unsaturated/α-hetero) is 1. The molecule has 0 bridgehead atoms. The van der Waals surface area contributed by atoms with Crippen LogP contribution in [0.1, 0.15) is 42.5 Å². The van der Waals surface area contributed by atoms with Crippen LogP contribution in [-0.2, 0) is 16.5 Å². The normalized spacial score (nSPS) is 10.7. The van der Waals surface area contributed by atoms with Gasteiger partial charge < -0.3 is 18.6 Å². The molecule has 2 aromatic heterocycles. The van der Waals surface area contributed by atoms with Crippen LogP contribution in [-0.4, -0.2) is 57.0 Å². The van der Waals surface area contributed by atoms with E-state index in [4.69, 9.17) is 9.47 Å². The molecular formula is C21H22N4O5S. The summed E-state index contributed by atoms with van der Waals surface area (Å²) < 4.78 is 13.2. The molecule has 3 rings (SSSR count). The summed E-state index contributed by atoms with van der Waals surface area (Å²) in [5.41, 5.74) is 2.99. The van der Waals surface area contributed by atoms with Gasteiger partial charge in [-0.1, -0.05) is 11.8 Å². The Hall–Kier alpha value is -3.40. The molecule has 0 atom stereocenters. The highest BCUT2D eigenvalue weighted by molar-refractivity contribution is 7.99. The minimum Gasteiger partial charge on any atom is -0.465 e. The van der Waals surface area contributed by atoms with Gasteiger partial charge in [0.05, 0.1) is 31.1 Å². The smallest absolute Gasteiger partial charge is 0.337 e. The lowest BCUT2D eigenvalue weighted by Gasteiger charge is -2.13. The molecule has 10 heteroatoms. The number of hydrogen-bond donors (Lipinski definition) is 0. The molecule has 1 aromatic carbocycles. The van der Waals surface area contributed by atoms with Gasteiger partial charge in [-0.3, -0.25) is 4.79 Å². The van der Waals surface area contributed by atoms with Gasteiger partial charge in [-0.2, -0.15) is 0 Å². The predicted octanol–water partition coefficient (Wildman–Crippen LogP) is 2.77. The van der Waals surface area contributed by atoms with Gasteiger partial charge in [0.2, 0.25) is 0 Å². The number of aryl methyl sites for hydroxylation is 2. The van der Waals surface area contributed by atoms with Crippen LogP contribution in [0.4, 0.5) is 0 Å². The molecular weight excluding hydrogens is 420 g/mol. The summed E-state index contributed by atoms with van der Waals surface area (Å²) in [5, 5.41) is 8.43. The summed E-state index contributed by atoms with van der Waals surface area (Å²) in [7, 11) is 4.35. The van der Waals surface area contributed by atoms with Crippen molar-refractivity contribution in [3.05, 3.63) is 58.7 Å². The molecule has 0 aliphatic rings. The van der Waals surface area contributed by atoms with E-state index < -0.39 is 11.9 Å². The Morgan fingerprint density at radius 1 is 1.00 bits per heavy atom. The second-order valence-corrected chi connectivity index (χ2v) is 7.75. The van der Waals surface area contributed by atoms with Gasteiger partial charge in [0.25, 0.3) is 0 Å². The third-order valence-corrected chi connectivity index (χ3v) is 5.79. The standard InChI is InChI=1S/C21H22N4O5S/c1-12-6-17(18(26)10-31-21-23-22-11-24(21)3)13(2)25(12)16-8-14(19(27)29-4)7-15(9-16)20(28)30-5/h6-9,11H,10H2,1-5H3. The Morgan fingerprint density at radius 3 is 2.13 bits per heavy atom.